The number of amides is 10. The third-order valence-corrected chi connectivity index (χ3v) is 23.0. The van der Waals surface area contributed by atoms with Crippen LogP contribution in [0.3, 0.4) is 0 Å². The topological polar surface area (TPSA) is 360 Å². The average Bonchev–Trinajstić information content (AvgIpc) is 1.67. The van der Waals surface area contributed by atoms with Crippen LogP contribution in [0.15, 0.2) is 243 Å². The highest BCUT2D eigenvalue weighted by Gasteiger charge is 2.31. The van der Waals surface area contributed by atoms with E-state index in [1.54, 1.807) is 67.3 Å². The van der Waals surface area contributed by atoms with E-state index in [4.69, 9.17) is 67.4 Å². The maximum atomic E-state index is 12.9. The number of piperidine rings is 1. The molecule has 27 nitrogen and oxygen atoms in total. The van der Waals surface area contributed by atoms with E-state index in [9.17, 15) is 44.1 Å². The molecule has 10 amide bonds. The molecule has 1 aliphatic rings. The molecule has 680 valence electrons. The molecule has 0 bridgehead atoms. The summed E-state index contributed by atoms with van der Waals surface area (Å²) >= 11 is 24.5. The van der Waals surface area contributed by atoms with Crippen LogP contribution in [0.5, 0.6) is 0 Å². The van der Waals surface area contributed by atoms with E-state index < -0.39 is 23.6 Å². The Morgan fingerprint density at radius 1 is 0.359 bits per heavy atom. The number of primary amides is 1. The highest BCUT2D eigenvalue weighted by Crippen LogP contribution is 2.37. The van der Waals surface area contributed by atoms with Gasteiger partial charge in [0.25, 0.3) is 0 Å². The highest BCUT2D eigenvalue weighted by atomic mass is 35.5. The number of benzene rings is 10. The second-order valence-corrected chi connectivity index (χ2v) is 37.6. The minimum atomic E-state index is -0.697. The molecule has 0 atom stereocenters. The van der Waals surface area contributed by atoms with Crippen molar-refractivity contribution in [3.8, 4) is 22.7 Å². The summed E-state index contributed by atoms with van der Waals surface area (Å²) in [6, 6.07) is 72.8. The van der Waals surface area contributed by atoms with Crippen molar-refractivity contribution in [3.05, 3.63) is 308 Å². The first-order valence-electron chi connectivity index (χ1n) is 42.5. The average molecular weight is 1850 g/mol. The van der Waals surface area contributed by atoms with Gasteiger partial charge < -0.3 is 47.2 Å². The number of hydrogen-bond acceptors (Lipinski definition) is 13. The first kappa shape index (κ1) is 96.7. The summed E-state index contributed by atoms with van der Waals surface area (Å²) in [4.78, 5) is 77.1. The zero-order valence-electron chi connectivity index (χ0n) is 75.2. The number of rotatable bonds is 18. The molecule has 1 saturated heterocycles. The van der Waals surface area contributed by atoms with Gasteiger partial charge in [-0.15, -0.1) is 0 Å². The number of nitrogens with one attached hydrogen (secondary N) is 8. The van der Waals surface area contributed by atoms with Crippen LogP contribution >= 0.6 is 46.4 Å². The second kappa shape index (κ2) is 41.6. The van der Waals surface area contributed by atoms with Crippen LogP contribution in [0.2, 0.25) is 20.1 Å². The summed E-state index contributed by atoms with van der Waals surface area (Å²) in [6.07, 6.45) is 1.56. The summed E-state index contributed by atoms with van der Waals surface area (Å²) in [5.41, 5.74) is 15.5. The number of aliphatic hydroxyl groups excluding tert-OH is 2. The normalized spacial score (nSPS) is 12.5. The SMILES string of the molecule is CC(C)(C)c1cc(NC(=O)Nc2cccc(Cl)c2Cl)n(-c2cccc(CC(N)=O)c2)n1.CC(C)(C)c1cc(NC(=O)Nc2cccc3ccccc23)n(-c2ccc(CO)cc2)n1.CC(C)(C)c1cc(NC(=O)Nc2cccc3ccccc23)n(-c2cccc(CO)c2)n1.CC1(O)CCN(C(=O)Cc2ccc(-n3nc(C(C)(C)C)cc3NC(=O)Nc3cccc(Cl)c3Cl)cc2)CC1. The first-order chi connectivity index (χ1) is 62.1. The third kappa shape index (κ3) is 25.6. The molecule has 0 saturated carbocycles. The number of fused-ring (bicyclic) bond motifs is 2. The zero-order chi connectivity index (χ0) is 94.4. The van der Waals surface area contributed by atoms with Crippen molar-refractivity contribution >= 4 is 150 Å². The smallest absolute Gasteiger partial charge is 0.324 e. The Balaban J connectivity index is 0.000000158. The Labute approximate surface area is 781 Å². The molecule has 13 N–H and O–H groups in total. The quantitative estimate of drug-likeness (QED) is 0.0380. The van der Waals surface area contributed by atoms with Gasteiger partial charge in [-0.3, -0.25) is 30.9 Å². The van der Waals surface area contributed by atoms with E-state index in [1.807, 2.05) is 247 Å². The lowest BCUT2D eigenvalue weighted by Gasteiger charge is -2.35. The van der Waals surface area contributed by atoms with Crippen molar-refractivity contribution in [1.29, 1.82) is 0 Å². The van der Waals surface area contributed by atoms with Gasteiger partial charge >= 0.3 is 24.1 Å². The fourth-order valence-corrected chi connectivity index (χ4v) is 14.6. The number of hydrogen-bond donors (Lipinski definition) is 12. The Kier molecular flexibility index (Phi) is 30.7. The number of urea groups is 4. The monoisotopic (exact) mass is 1840 g/mol. The second-order valence-electron chi connectivity index (χ2n) is 36.1. The van der Waals surface area contributed by atoms with Gasteiger partial charge in [0, 0.05) is 69.8 Å². The van der Waals surface area contributed by atoms with Gasteiger partial charge in [0.05, 0.1) is 120 Å². The van der Waals surface area contributed by atoms with Crippen LogP contribution in [0, 0.1) is 0 Å². The molecule has 5 heterocycles. The molecule has 4 aromatic heterocycles. The van der Waals surface area contributed by atoms with Crippen LogP contribution in [-0.2, 0) is 57.3 Å². The van der Waals surface area contributed by atoms with E-state index in [0.29, 0.717) is 76.3 Å². The minimum absolute atomic E-state index is 0.0226. The molecule has 14 aromatic rings. The Bertz CT molecular complexity index is 6450. The number of anilines is 8. The first-order valence-corrected chi connectivity index (χ1v) is 44.0. The lowest BCUT2D eigenvalue weighted by molar-refractivity contribution is -0.134. The van der Waals surface area contributed by atoms with Crippen LogP contribution in [0.1, 0.15) is 148 Å². The van der Waals surface area contributed by atoms with Gasteiger partial charge in [-0.25, -0.2) is 37.9 Å². The van der Waals surface area contributed by atoms with Crippen molar-refractivity contribution in [2.24, 2.45) is 5.73 Å². The number of halogens is 4. The molecular weight excluding hydrogens is 1740 g/mol. The number of nitrogens with zero attached hydrogens (tertiary/aromatic N) is 9. The Morgan fingerprint density at radius 3 is 1.04 bits per heavy atom. The Morgan fingerprint density at radius 2 is 0.672 bits per heavy atom. The summed E-state index contributed by atoms with van der Waals surface area (Å²) in [7, 11) is 0. The molecule has 0 spiro atoms. The number of carbonyl (C=O) groups is 6. The molecule has 1 fully saturated rings. The number of carbonyl (C=O) groups excluding carboxylic acids is 6. The van der Waals surface area contributed by atoms with Crippen LogP contribution in [0.25, 0.3) is 44.3 Å². The maximum absolute atomic E-state index is 12.9. The molecule has 0 radical (unpaired) electrons. The molecular formula is C100H108Cl4N18O9. The van der Waals surface area contributed by atoms with Crippen molar-refractivity contribution in [2.45, 2.75) is 156 Å². The highest BCUT2D eigenvalue weighted by molar-refractivity contribution is 6.44. The van der Waals surface area contributed by atoms with E-state index in [1.165, 1.54) is 0 Å². The molecule has 10 aromatic carbocycles. The molecule has 15 rings (SSSR count). The molecule has 0 aliphatic carbocycles. The van der Waals surface area contributed by atoms with Gasteiger partial charge in [0.15, 0.2) is 0 Å². The molecule has 1 aliphatic heterocycles. The van der Waals surface area contributed by atoms with Gasteiger partial charge in [-0.05, 0) is 138 Å². The minimum Gasteiger partial charge on any atom is -0.392 e. The van der Waals surface area contributed by atoms with Crippen LogP contribution in [-0.4, -0.2) is 114 Å². The predicted octanol–water partition coefficient (Wildman–Crippen LogP) is 22.1. The molecule has 0 unspecified atom stereocenters. The fraction of sp³-hybridized carbons (Fsp3) is 0.260. The summed E-state index contributed by atoms with van der Waals surface area (Å²) in [5, 5.41) is 76.0. The summed E-state index contributed by atoms with van der Waals surface area (Å²) in [6.45, 7) is 27.5. The van der Waals surface area contributed by atoms with Crippen molar-refractivity contribution in [2.75, 3.05) is 55.6 Å². The fourth-order valence-electron chi connectivity index (χ4n) is 13.9. The summed E-state index contributed by atoms with van der Waals surface area (Å²) < 4.78 is 6.69. The number of likely N-dealkylation sites (tertiary alicyclic amines) is 1. The van der Waals surface area contributed by atoms with Gasteiger partial charge in [-0.2, -0.15) is 20.4 Å². The van der Waals surface area contributed by atoms with E-state index in [2.05, 4.69) is 89.2 Å². The number of nitrogens with two attached hydrogens (primary N) is 1. The lowest BCUT2D eigenvalue weighted by atomic mass is 9.92. The van der Waals surface area contributed by atoms with Crippen molar-refractivity contribution in [1.82, 2.24) is 44.0 Å². The standard InChI is InChI=1S/C28H33Cl2N5O3.2C25H26N4O2.C22H23Cl2N5O2/c1-27(2,3)22-17-23(32-26(37)31-21-7-5-6-20(29)25(21)30)35(33-22)19-10-8-18(9-11-19)16-24(36)34-14-12-28(4,38)13-15-34;1-25(2,3)22-15-23(29(28-22)19-11-6-8-17(14-19)16-30)27-24(31)26-21-13-7-10-18-9-4-5-12-20(18)21;1-25(2,3)22-15-23(29(28-22)19-13-11-17(16-30)12-14-19)27-24(31)26-21-10-6-8-18-7-4-5-9-20(18)21;1-22(2,3)17-12-19(27-21(31)26-16-9-5-8-15(23)20(16)24)29(28-17)14-7-4-6-13(10-14)11-18(25)30/h5-11,17,38H,12-16H2,1-4H3,(H2,31,32,37);2*4-15,30H,16H2,1-3H3,(H2,26,27,31);4-10,12H,11H2,1-3H3,(H2,25,30)(H2,26,27,31). The van der Waals surface area contributed by atoms with E-state index >= 15 is 0 Å². The van der Waals surface area contributed by atoms with Crippen molar-refractivity contribution < 1.29 is 44.1 Å². The van der Waals surface area contributed by atoms with E-state index in [-0.39, 0.29) is 75.7 Å². The molecule has 31 heteroatoms. The largest absolute Gasteiger partial charge is 0.392 e. The lowest BCUT2D eigenvalue weighted by Crippen LogP contribution is -2.45. The van der Waals surface area contributed by atoms with Crippen LogP contribution in [0.4, 0.5) is 65.2 Å². The van der Waals surface area contributed by atoms with Crippen molar-refractivity contribution in [3.63, 3.8) is 0 Å². The maximum Gasteiger partial charge on any atom is 0.324 e. The van der Waals surface area contributed by atoms with Crippen LogP contribution < -0.4 is 48.3 Å². The number of aromatic nitrogens is 8. The van der Waals surface area contributed by atoms with Gasteiger partial charge in [-0.1, -0.05) is 263 Å². The van der Waals surface area contributed by atoms with Gasteiger partial charge in [0.2, 0.25) is 11.8 Å². The zero-order valence-corrected chi connectivity index (χ0v) is 78.2. The van der Waals surface area contributed by atoms with E-state index in [0.717, 1.165) is 95.0 Å². The molecule has 131 heavy (non-hydrogen) atoms. The predicted molar refractivity (Wildman–Crippen MR) is 525 cm³/mol. The third-order valence-electron chi connectivity index (χ3n) is 21.3. The summed E-state index contributed by atoms with van der Waals surface area (Å²) in [5.74, 6) is 1.67. The number of aliphatic hydroxyl groups is 3. The van der Waals surface area contributed by atoms with Gasteiger partial charge in [0.1, 0.15) is 23.3 Å². The Hall–Kier alpha value is -13.4.